The van der Waals surface area contributed by atoms with Crippen molar-refractivity contribution in [2.45, 2.75) is 12.6 Å². The molecule has 8 heteroatoms. The summed E-state index contributed by atoms with van der Waals surface area (Å²) in [6.07, 6.45) is 1.53. The summed E-state index contributed by atoms with van der Waals surface area (Å²) in [5, 5.41) is 17.0. The summed E-state index contributed by atoms with van der Waals surface area (Å²) in [5.74, 6) is -0.182. The van der Waals surface area contributed by atoms with Crippen LogP contribution in [-0.2, 0) is 16.1 Å². The van der Waals surface area contributed by atoms with Crippen molar-refractivity contribution in [3.05, 3.63) is 24.3 Å². The highest BCUT2D eigenvalue weighted by atomic mass is 16.5. The average Bonchev–Trinajstić information content (AvgIpc) is 3.19. The minimum Gasteiger partial charge on any atom is -0.481 e. The Balaban J connectivity index is 1.67. The number of aliphatic carboxylic acids is 1. The first-order chi connectivity index (χ1) is 10.1. The van der Waals surface area contributed by atoms with Crippen molar-refractivity contribution in [2.24, 2.45) is 5.92 Å². The van der Waals surface area contributed by atoms with Crippen LogP contribution in [0.3, 0.4) is 0 Å². The fourth-order valence-corrected chi connectivity index (χ4v) is 2.36. The van der Waals surface area contributed by atoms with Gasteiger partial charge in [0.1, 0.15) is 0 Å². The number of hydrogen-bond acceptors (Lipinski definition) is 7. The fraction of sp³-hybridized carbons (Fsp3) is 0.462. The second-order valence-corrected chi connectivity index (χ2v) is 4.94. The van der Waals surface area contributed by atoms with Gasteiger partial charge in [-0.3, -0.25) is 9.69 Å². The Labute approximate surface area is 120 Å². The van der Waals surface area contributed by atoms with Crippen molar-refractivity contribution in [2.75, 3.05) is 20.3 Å². The van der Waals surface area contributed by atoms with Crippen molar-refractivity contribution < 1.29 is 23.5 Å². The van der Waals surface area contributed by atoms with E-state index in [1.54, 1.807) is 12.1 Å². The largest absolute Gasteiger partial charge is 0.481 e. The quantitative estimate of drug-likeness (QED) is 0.866. The molecule has 8 nitrogen and oxygen atoms in total. The fourth-order valence-electron chi connectivity index (χ4n) is 2.36. The van der Waals surface area contributed by atoms with Gasteiger partial charge in [0.05, 0.1) is 31.9 Å². The van der Waals surface area contributed by atoms with Crippen LogP contribution in [0.2, 0.25) is 0 Å². The van der Waals surface area contributed by atoms with Crippen LogP contribution < -0.4 is 0 Å². The number of hydrogen-bond donors (Lipinski definition) is 1. The smallest absolute Gasteiger partial charge is 0.310 e. The minimum absolute atomic E-state index is 0.207. The SMILES string of the molecule is CN(Cc1nnc(-c2ccco2)o1)C1COCC1C(=O)O. The van der Waals surface area contributed by atoms with Gasteiger partial charge in [0, 0.05) is 6.04 Å². The molecule has 2 unspecified atom stereocenters. The number of furan rings is 1. The monoisotopic (exact) mass is 293 g/mol. The molecular formula is C13H15N3O5. The van der Waals surface area contributed by atoms with Crippen molar-refractivity contribution >= 4 is 5.97 Å². The van der Waals surface area contributed by atoms with Crippen molar-refractivity contribution in [3.8, 4) is 11.7 Å². The molecule has 3 rings (SSSR count). The Morgan fingerprint density at radius 2 is 2.33 bits per heavy atom. The van der Waals surface area contributed by atoms with Gasteiger partial charge in [-0.2, -0.15) is 0 Å². The lowest BCUT2D eigenvalue weighted by Gasteiger charge is -2.24. The van der Waals surface area contributed by atoms with Crippen LogP contribution in [-0.4, -0.2) is 52.5 Å². The van der Waals surface area contributed by atoms with Gasteiger partial charge in [0.15, 0.2) is 5.76 Å². The van der Waals surface area contributed by atoms with Gasteiger partial charge in [0.2, 0.25) is 5.89 Å². The zero-order valence-corrected chi connectivity index (χ0v) is 11.4. The van der Waals surface area contributed by atoms with Crippen LogP contribution in [0.4, 0.5) is 0 Å². The number of carbonyl (C=O) groups is 1. The zero-order valence-electron chi connectivity index (χ0n) is 11.4. The molecule has 0 spiro atoms. The van der Waals surface area contributed by atoms with E-state index in [-0.39, 0.29) is 12.6 Å². The van der Waals surface area contributed by atoms with Crippen LogP contribution in [0.1, 0.15) is 5.89 Å². The highest BCUT2D eigenvalue weighted by Gasteiger charge is 2.37. The topological polar surface area (TPSA) is 102 Å². The van der Waals surface area contributed by atoms with E-state index in [9.17, 15) is 4.79 Å². The molecule has 1 aliphatic heterocycles. The Kier molecular flexibility index (Phi) is 3.72. The first kappa shape index (κ1) is 13.8. The lowest BCUT2D eigenvalue weighted by atomic mass is 10.0. The summed E-state index contributed by atoms with van der Waals surface area (Å²) < 4.78 is 15.9. The van der Waals surface area contributed by atoms with Gasteiger partial charge in [-0.25, -0.2) is 0 Å². The predicted molar refractivity (Wildman–Crippen MR) is 69.2 cm³/mol. The van der Waals surface area contributed by atoms with Crippen LogP contribution >= 0.6 is 0 Å². The molecule has 0 saturated carbocycles. The van der Waals surface area contributed by atoms with Crippen molar-refractivity contribution in [3.63, 3.8) is 0 Å². The molecule has 21 heavy (non-hydrogen) atoms. The standard InChI is InChI=1S/C13H15N3O5/c1-16(9-7-19-6-8(9)13(17)18)5-11-14-15-12(21-11)10-3-2-4-20-10/h2-4,8-9H,5-7H2,1H3,(H,17,18). The molecule has 2 aromatic heterocycles. The van der Waals surface area contributed by atoms with Gasteiger partial charge >= 0.3 is 5.97 Å². The summed E-state index contributed by atoms with van der Waals surface area (Å²) >= 11 is 0. The molecule has 112 valence electrons. The summed E-state index contributed by atoms with van der Waals surface area (Å²) in [6, 6.07) is 3.26. The van der Waals surface area contributed by atoms with E-state index in [1.807, 2.05) is 11.9 Å². The molecule has 2 atom stereocenters. The summed E-state index contributed by atoms with van der Waals surface area (Å²) in [5.41, 5.74) is 0. The predicted octanol–water partition coefficient (Wildman–Crippen LogP) is 0.861. The van der Waals surface area contributed by atoms with Gasteiger partial charge < -0.3 is 18.7 Å². The average molecular weight is 293 g/mol. The van der Waals surface area contributed by atoms with Crippen LogP contribution in [0, 0.1) is 5.92 Å². The lowest BCUT2D eigenvalue weighted by Crippen LogP contribution is -2.40. The van der Waals surface area contributed by atoms with E-state index >= 15 is 0 Å². The number of carboxylic acid groups (broad SMARTS) is 1. The molecule has 2 aromatic rings. The van der Waals surface area contributed by atoms with E-state index in [0.29, 0.717) is 30.7 Å². The first-order valence-corrected chi connectivity index (χ1v) is 6.52. The number of aromatic nitrogens is 2. The molecule has 1 saturated heterocycles. The van der Waals surface area contributed by atoms with Crippen molar-refractivity contribution in [1.29, 1.82) is 0 Å². The minimum atomic E-state index is -0.855. The molecule has 0 radical (unpaired) electrons. The zero-order chi connectivity index (χ0) is 14.8. The molecule has 0 aromatic carbocycles. The molecule has 0 bridgehead atoms. The van der Waals surface area contributed by atoms with Crippen LogP contribution in [0.15, 0.2) is 27.2 Å². The first-order valence-electron chi connectivity index (χ1n) is 6.52. The summed E-state index contributed by atoms with van der Waals surface area (Å²) in [7, 11) is 1.81. The van der Waals surface area contributed by atoms with Gasteiger partial charge in [-0.1, -0.05) is 0 Å². The van der Waals surface area contributed by atoms with Gasteiger partial charge in [0.25, 0.3) is 5.89 Å². The summed E-state index contributed by atoms with van der Waals surface area (Å²) in [4.78, 5) is 13.0. The molecule has 0 amide bonds. The maximum atomic E-state index is 11.2. The number of ether oxygens (including phenoxy) is 1. The van der Waals surface area contributed by atoms with E-state index in [0.717, 1.165) is 0 Å². The second-order valence-electron chi connectivity index (χ2n) is 4.94. The maximum Gasteiger partial charge on any atom is 0.310 e. The maximum absolute atomic E-state index is 11.2. The Hall–Kier alpha value is -2.19. The lowest BCUT2D eigenvalue weighted by molar-refractivity contribution is -0.143. The Morgan fingerprint density at radius 1 is 1.48 bits per heavy atom. The molecular weight excluding hydrogens is 278 g/mol. The highest BCUT2D eigenvalue weighted by molar-refractivity contribution is 5.71. The van der Waals surface area contributed by atoms with E-state index in [2.05, 4.69) is 10.2 Å². The summed E-state index contributed by atoms with van der Waals surface area (Å²) in [6.45, 7) is 0.962. The third-order valence-electron chi connectivity index (χ3n) is 3.52. The molecule has 0 aliphatic carbocycles. The molecule has 1 N–H and O–H groups in total. The second kappa shape index (κ2) is 5.66. The third kappa shape index (κ3) is 2.81. The van der Waals surface area contributed by atoms with Gasteiger partial charge in [-0.15, -0.1) is 10.2 Å². The Morgan fingerprint density at radius 3 is 3.05 bits per heavy atom. The molecule has 1 aliphatic rings. The third-order valence-corrected chi connectivity index (χ3v) is 3.52. The van der Waals surface area contributed by atoms with E-state index in [4.69, 9.17) is 18.7 Å². The van der Waals surface area contributed by atoms with Crippen molar-refractivity contribution in [1.82, 2.24) is 15.1 Å². The normalized spacial score (nSPS) is 22.0. The Bertz CT molecular complexity index is 609. The number of nitrogens with zero attached hydrogens (tertiary/aromatic N) is 3. The number of likely N-dealkylation sites (N-methyl/N-ethyl adjacent to an activating group) is 1. The molecule has 3 heterocycles. The number of rotatable bonds is 5. The van der Waals surface area contributed by atoms with E-state index in [1.165, 1.54) is 6.26 Å². The highest BCUT2D eigenvalue weighted by Crippen LogP contribution is 2.22. The van der Waals surface area contributed by atoms with Crippen LogP contribution in [0.5, 0.6) is 0 Å². The van der Waals surface area contributed by atoms with Crippen LogP contribution in [0.25, 0.3) is 11.7 Å². The number of carboxylic acids is 1. The van der Waals surface area contributed by atoms with Gasteiger partial charge in [-0.05, 0) is 19.2 Å². The van der Waals surface area contributed by atoms with E-state index < -0.39 is 11.9 Å². The molecule has 1 fully saturated rings.